The van der Waals surface area contributed by atoms with Gasteiger partial charge in [0.15, 0.2) is 5.82 Å². The maximum absolute atomic E-state index is 5.90. The van der Waals surface area contributed by atoms with E-state index in [9.17, 15) is 0 Å². The number of hydrogen-bond donors (Lipinski definition) is 1. The number of pyridine rings is 1. The summed E-state index contributed by atoms with van der Waals surface area (Å²) in [6, 6.07) is 2.53. The average molecular weight is 256 g/mol. The molecule has 2 N–H and O–H groups in total. The highest BCUT2D eigenvalue weighted by molar-refractivity contribution is 9.10. The second-order valence-electron chi connectivity index (χ2n) is 3.76. The fourth-order valence-corrected chi connectivity index (χ4v) is 2.04. The molecule has 76 valence electrons. The minimum atomic E-state index is 0.631. The van der Waals surface area contributed by atoms with Gasteiger partial charge in [0.25, 0.3) is 0 Å². The standard InChI is InChI=1S/C10H14BrN3/c1-14(8-3-2-4-8)10-9(12)5-7(11)6-13-10/h5-6,8H,2-4,12H2,1H3. The van der Waals surface area contributed by atoms with Crippen LogP contribution >= 0.6 is 15.9 Å². The van der Waals surface area contributed by atoms with Crippen LogP contribution in [0.4, 0.5) is 11.5 Å². The molecule has 0 unspecified atom stereocenters. The zero-order chi connectivity index (χ0) is 10.1. The molecule has 1 aromatic heterocycles. The lowest BCUT2D eigenvalue weighted by molar-refractivity contribution is 0.399. The van der Waals surface area contributed by atoms with Gasteiger partial charge in [-0.3, -0.25) is 0 Å². The molecule has 2 rings (SSSR count). The first-order valence-corrected chi connectivity index (χ1v) is 5.61. The van der Waals surface area contributed by atoms with Crippen molar-refractivity contribution in [1.82, 2.24) is 4.98 Å². The van der Waals surface area contributed by atoms with Crippen molar-refractivity contribution in [2.45, 2.75) is 25.3 Å². The fraction of sp³-hybridized carbons (Fsp3) is 0.500. The minimum absolute atomic E-state index is 0.631. The van der Waals surface area contributed by atoms with Gasteiger partial charge in [-0.2, -0.15) is 0 Å². The zero-order valence-electron chi connectivity index (χ0n) is 8.20. The molecular formula is C10H14BrN3. The van der Waals surface area contributed by atoms with Crippen LogP contribution in [0, 0.1) is 0 Å². The third kappa shape index (κ3) is 1.71. The van der Waals surface area contributed by atoms with E-state index in [1.807, 2.05) is 6.07 Å². The molecule has 4 heteroatoms. The van der Waals surface area contributed by atoms with Gasteiger partial charge in [-0.25, -0.2) is 4.98 Å². The molecule has 1 aliphatic carbocycles. The molecule has 14 heavy (non-hydrogen) atoms. The maximum atomic E-state index is 5.90. The molecule has 1 saturated carbocycles. The average Bonchev–Trinajstić information content (AvgIpc) is 2.00. The van der Waals surface area contributed by atoms with Gasteiger partial charge in [-0.15, -0.1) is 0 Å². The van der Waals surface area contributed by atoms with E-state index in [1.165, 1.54) is 19.3 Å². The van der Waals surface area contributed by atoms with Crippen molar-refractivity contribution in [3.63, 3.8) is 0 Å². The van der Waals surface area contributed by atoms with Crippen LogP contribution in [0.1, 0.15) is 19.3 Å². The quantitative estimate of drug-likeness (QED) is 0.883. The highest BCUT2D eigenvalue weighted by Crippen LogP contribution is 2.30. The molecule has 0 amide bonds. The second kappa shape index (κ2) is 3.77. The smallest absolute Gasteiger partial charge is 0.151 e. The van der Waals surface area contributed by atoms with Crippen LogP contribution in [0.3, 0.4) is 0 Å². The van der Waals surface area contributed by atoms with E-state index >= 15 is 0 Å². The molecule has 0 saturated heterocycles. The lowest BCUT2D eigenvalue weighted by Gasteiger charge is -2.36. The molecule has 3 nitrogen and oxygen atoms in total. The Morgan fingerprint density at radius 2 is 2.29 bits per heavy atom. The predicted molar refractivity (Wildman–Crippen MR) is 62.4 cm³/mol. The molecule has 0 bridgehead atoms. The summed E-state index contributed by atoms with van der Waals surface area (Å²) in [4.78, 5) is 6.52. The first-order chi connectivity index (χ1) is 6.68. The number of anilines is 2. The van der Waals surface area contributed by atoms with Crippen molar-refractivity contribution in [2.75, 3.05) is 17.7 Å². The Hall–Kier alpha value is -0.770. The number of aromatic nitrogens is 1. The first kappa shape index (κ1) is 9.77. The van der Waals surface area contributed by atoms with Crippen LogP contribution < -0.4 is 10.6 Å². The normalized spacial score (nSPS) is 16.4. The zero-order valence-corrected chi connectivity index (χ0v) is 9.79. The molecule has 1 heterocycles. The third-order valence-electron chi connectivity index (χ3n) is 2.82. The Morgan fingerprint density at radius 1 is 1.57 bits per heavy atom. The second-order valence-corrected chi connectivity index (χ2v) is 4.68. The van der Waals surface area contributed by atoms with Gasteiger partial charge in [-0.1, -0.05) is 0 Å². The summed E-state index contributed by atoms with van der Waals surface area (Å²) in [5, 5.41) is 0. The number of nitrogens with two attached hydrogens (primary N) is 1. The highest BCUT2D eigenvalue weighted by atomic mass is 79.9. The van der Waals surface area contributed by atoms with E-state index in [2.05, 4.69) is 32.9 Å². The van der Waals surface area contributed by atoms with Crippen LogP contribution in [0.2, 0.25) is 0 Å². The molecule has 0 spiro atoms. The van der Waals surface area contributed by atoms with E-state index in [-0.39, 0.29) is 0 Å². The third-order valence-corrected chi connectivity index (χ3v) is 3.25. The van der Waals surface area contributed by atoms with Gasteiger partial charge in [0.05, 0.1) is 5.69 Å². The molecule has 0 atom stereocenters. The van der Waals surface area contributed by atoms with Crippen molar-refractivity contribution in [3.8, 4) is 0 Å². The Labute approximate surface area is 92.4 Å². The Kier molecular flexibility index (Phi) is 2.63. The first-order valence-electron chi connectivity index (χ1n) is 4.82. The maximum Gasteiger partial charge on any atom is 0.151 e. The number of hydrogen-bond acceptors (Lipinski definition) is 3. The summed E-state index contributed by atoms with van der Waals surface area (Å²) < 4.78 is 0.931. The topological polar surface area (TPSA) is 42.2 Å². The van der Waals surface area contributed by atoms with E-state index in [1.54, 1.807) is 6.20 Å². The summed E-state index contributed by atoms with van der Waals surface area (Å²) in [5.41, 5.74) is 6.65. The lowest BCUT2D eigenvalue weighted by atomic mass is 9.92. The van der Waals surface area contributed by atoms with Crippen molar-refractivity contribution in [1.29, 1.82) is 0 Å². The summed E-state index contributed by atoms with van der Waals surface area (Å²) in [6.07, 6.45) is 5.63. The van der Waals surface area contributed by atoms with Crippen molar-refractivity contribution < 1.29 is 0 Å². The summed E-state index contributed by atoms with van der Waals surface area (Å²) >= 11 is 3.35. The van der Waals surface area contributed by atoms with Gasteiger partial charge < -0.3 is 10.6 Å². The van der Waals surface area contributed by atoms with Crippen molar-refractivity contribution >= 4 is 27.4 Å². The monoisotopic (exact) mass is 255 g/mol. The highest BCUT2D eigenvalue weighted by Gasteiger charge is 2.24. The van der Waals surface area contributed by atoms with Gasteiger partial charge in [0, 0.05) is 23.8 Å². The summed E-state index contributed by atoms with van der Waals surface area (Å²) in [7, 11) is 2.07. The van der Waals surface area contributed by atoms with E-state index < -0.39 is 0 Å². The van der Waals surface area contributed by atoms with Gasteiger partial charge >= 0.3 is 0 Å². The molecular weight excluding hydrogens is 242 g/mol. The Balaban J connectivity index is 2.22. The van der Waals surface area contributed by atoms with Crippen LogP contribution in [-0.4, -0.2) is 18.1 Å². The molecule has 1 aromatic rings. The van der Waals surface area contributed by atoms with Crippen molar-refractivity contribution in [2.24, 2.45) is 0 Å². The van der Waals surface area contributed by atoms with Crippen LogP contribution in [0.15, 0.2) is 16.7 Å². The van der Waals surface area contributed by atoms with Crippen LogP contribution in [-0.2, 0) is 0 Å². The minimum Gasteiger partial charge on any atom is -0.396 e. The van der Waals surface area contributed by atoms with E-state index in [4.69, 9.17) is 5.73 Å². The molecule has 0 aliphatic heterocycles. The molecule has 0 radical (unpaired) electrons. The van der Waals surface area contributed by atoms with Crippen molar-refractivity contribution in [3.05, 3.63) is 16.7 Å². The van der Waals surface area contributed by atoms with E-state index in [0.29, 0.717) is 6.04 Å². The Bertz CT molecular complexity index is 336. The van der Waals surface area contributed by atoms with Gasteiger partial charge in [-0.05, 0) is 41.3 Å². The van der Waals surface area contributed by atoms with Crippen LogP contribution in [0.25, 0.3) is 0 Å². The predicted octanol–water partition coefficient (Wildman–Crippen LogP) is 2.42. The number of halogens is 1. The van der Waals surface area contributed by atoms with Gasteiger partial charge in [0.1, 0.15) is 0 Å². The number of rotatable bonds is 2. The van der Waals surface area contributed by atoms with E-state index in [0.717, 1.165) is 16.0 Å². The van der Waals surface area contributed by atoms with Gasteiger partial charge in [0.2, 0.25) is 0 Å². The largest absolute Gasteiger partial charge is 0.396 e. The lowest BCUT2D eigenvalue weighted by Crippen LogP contribution is -2.38. The van der Waals surface area contributed by atoms with Crippen LogP contribution in [0.5, 0.6) is 0 Å². The summed E-state index contributed by atoms with van der Waals surface area (Å²) in [6.45, 7) is 0. The molecule has 1 fully saturated rings. The SMILES string of the molecule is CN(c1ncc(Br)cc1N)C1CCC1. The molecule has 0 aromatic carbocycles. The summed E-state index contributed by atoms with van der Waals surface area (Å²) in [5.74, 6) is 0.901. The number of nitrogens with zero attached hydrogens (tertiary/aromatic N) is 2. The fourth-order valence-electron chi connectivity index (χ4n) is 1.69. The number of nitrogen functional groups attached to an aromatic ring is 1. The Morgan fingerprint density at radius 3 is 2.79 bits per heavy atom. The molecule has 1 aliphatic rings.